The van der Waals surface area contributed by atoms with Gasteiger partial charge < -0.3 is 14.2 Å². The van der Waals surface area contributed by atoms with Crippen molar-refractivity contribution >= 4 is 5.91 Å². The number of hydrogen-bond donors (Lipinski definition) is 0. The van der Waals surface area contributed by atoms with Gasteiger partial charge in [0.1, 0.15) is 17.3 Å². The van der Waals surface area contributed by atoms with Gasteiger partial charge in [-0.15, -0.1) is 0 Å². The third kappa shape index (κ3) is 4.95. The quantitative estimate of drug-likeness (QED) is 0.441. The minimum absolute atomic E-state index is 0.0357. The fourth-order valence-electron chi connectivity index (χ4n) is 3.83. The maximum Gasteiger partial charge on any atom is 0.254 e. The topological polar surface area (TPSA) is 55.6 Å². The van der Waals surface area contributed by atoms with Crippen molar-refractivity contribution in [1.82, 2.24) is 10.1 Å². The molecular weight excluding hydrogens is 395 g/mol. The third-order valence-corrected chi connectivity index (χ3v) is 5.60. The molecule has 0 aliphatic carbocycles. The van der Waals surface area contributed by atoms with Crippen LogP contribution < -0.4 is 4.74 Å². The first-order chi connectivity index (χ1) is 15.2. The highest BCUT2D eigenvalue weighted by molar-refractivity contribution is 5.94. The van der Waals surface area contributed by atoms with Crippen molar-refractivity contribution in [3.63, 3.8) is 0 Å². The molecule has 0 spiro atoms. The molecule has 0 radical (unpaired) electrons. The van der Waals surface area contributed by atoms with Crippen LogP contribution >= 0.6 is 0 Å². The van der Waals surface area contributed by atoms with E-state index in [9.17, 15) is 9.18 Å². The molecule has 0 N–H and O–H groups in total. The summed E-state index contributed by atoms with van der Waals surface area (Å²) in [5.41, 5.74) is 3.16. The maximum absolute atomic E-state index is 13.2. The van der Waals surface area contributed by atoms with Crippen LogP contribution in [0.5, 0.6) is 5.75 Å². The lowest BCUT2D eigenvalue weighted by Gasteiger charge is -2.26. The molecule has 162 valence electrons. The summed E-state index contributed by atoms with van der Waals surface area (Å²) in [5, 5.41) is 4.17. The molecule has 31 heavy (non-hydrogen) atoms. The first-order valence-electron chi connectivity index (χ1n) is 10.9. The predicted molar refractivity (Wildman–Crippen MR) is 116 cm³/mol. The molecule has 4 rings (SSSR count). The standard InChI is InChI=1S/C25H27FN2O3/c1-2-3-4-5-16-30-21-12-8-19(9-13-21)25(29)28-15-14-22-23(17-28)27-31-24(22)18-6-10-20(26)11-7-18/h6-13H,2-5,14-17H2,1H3. The molecule has 1 aromatic heterocycles. The highest BCUT2D eigenvalue weighted by atomic mass is 19.1. The number of nitrogens with zero attached hydrogens (tertiary/aromatic N) is 2. The predicted octanol–water partition coefficient (Wildman–Crippen LogP) is 5.64. The Morgan fingerprint density at radius 3 is 2.61 bits per heavy atom. The molecule has 0 bridgehead atoms. The van der Waals surface area contributed by atoms with E-state index >= 15 is 0 Å². The van der Waals surface area contributed by atoms with Gasteiger partial charge >= 0.3 is 0 Å². The van der Waals surface area contributed by atoms with Gasteiger partial charge in [0.15, 0.2) is 5.76 Å². The van der Waals surface area contributed by atoms with Gasteiger partial charge in [0.2, 0.25) is 0 Å². The van der Waals surface area contributed by atoms with Gasteiger partial charge in [0, 0.05) is 23.2 Å². The van der Waals surface area contributed by atoms with Gasteiger partial charge in [-0.3, -0.25) is 4.79 Å². The van der Waals surface area contributed by atoms with Crippen molar-refractivity contribution in [2.45, 2.75) is 45.6 Å². The molecule has 1 amide bonds. The smallest absolute Gasteiger partial charge is 0.254 e. The lowest BCUT2D eigenvalue weighted by atomic mass is 10.00. The van der Waals surface area contributed by atoms with Crippen molar-refractivity contribution in [3.8, 4) is 17.1 Å². The summed E-state index contributed by atoms with van der Waals surface area (Å²) in [6.07, 6.45) is 5.30. The van der Waals surface area contributed by atoms with E-state index < -0.39 is 0 Å². The lowest BCUT2D eigenvalue weighted by Crippen LogP contribution is -2.35. The van der Waals surface area contributed by atoms with Crippen LogP contribution in [0.1, 0.15) is 54.2 Å². The highest BCUT2D eigenvalue weighted by Crippen LogP contribution is 2.31. The number of halogens is 1. The van der Waals surface area contributed by atoms with Crippen LogP contribution in [0.4, 0.5) is 4.39 Å². The largest absolute Gasteiger partial charge is 0.494 e. The van der Waals surface area contributed by atoms with Crippen LogP contribution in [0.25, 0.3) is 11.3 Å². The van der Waals surface area contributed by atoms with E-state index in [-0.39, 0.29) is 11.7 Å². The van der Waals surface area contributed by atoms with E-state index in [1.165, 1.54) is 31.4 Å². The number of benzene rings is 2. The van der Waals surface area contributed by atoms with Crippen molar-refractivity contribution < 1.29 is 18.4 Å². The minimum atomic E-state index is -0.290. The summed E-state index contributed by atoms with van der Waals surface area (Å²) >= 11 is 0. The Balaban J connectivity index is 1.37. The second kappa shape index (κ2) is 9.77. The van der Waals surface area contributed by atoms with Crippen molar-refractivity contribution in [3.05, 3.63) is 71.2 Å². The van der Waals surface area contributed by atoms with Crippen molar-refractivity contribution in [2.24, 2.45) is 0 Å². The first kappa shape index (κ1) is 21.1. The zero-order chi connectivity index (χ0) is 21.6. The number of ether oxygens (including phenoxy) is 1. The molecule has 3 aromatic rings. The number of amides is 1. The fraction of sp³-hybridized carbons (Fsp3) is 0.360. The summed E-state index contributed by atoms with van der Waals surface area (Å²) in [5.74, 6) is 1.12. The molecule has 6 heteroatoms. The molecule has 1 aliphatic rings. The van der Waals surface area contributed by atoms with Gasteiger partial charge in [-0.2, -0.15) is 0 Å². The van der Waals surface area contributed by atoms with Gasteiger partial charge in [-0.25, -0.2) is 4.39 Å². The SMILES string of the molecule is CCCCCCOc1ccc(C(=O)N2CCc3c(noc3-c3ccc(F)cc3)C2)cc1. The fourth-order valence-corrected chi connectivity index (χ4v) is 3.83. The first-order valence-corrected chi connectivity index (χ1v) is 10.9. The summed E-state index contributed by atoms with van der Waals surface area (Å²) in [7, 11) is 0. The summed E-state index contributed by atoms with van der Waals surface area (Å²) in [6, 6.07) is 13.5. The van der Waals surface area contributed by atoms with E-state index in [0.717, 1.165) is 29.0 Å². The molecule has 0 saturated heterocycles. The minimum Gasteiger partial charge on any atom is -0.494 e. The number of carbonyl (C=O) groups excluding carboxylic acids is 1. The van der Waals surface area contributed by atoms with Crippen LogP contribution in [-0.2, 0) is 13.0 Å². The Bertz CT molecular complexity index is 1010. The van der Waals surface area contributed by atoms with Crippen LogP contribution in [0.15, 0.2) is 53.1 Å². The molecule has 0 saturated carbocycles. The molecule has 2 heterocycles. The average Bonchev–Trinajstić information content (AvgIpc) is 3.23. The average molecular weight is 423 g/mol. The highest BCUT2D eigenvalue weighted by Gasteiger charge is 2.27. The Hall–Kier alpha value is -3.15. The Morgan fingerprint density at radius 1 is 1.10 bits per heavy atom. The van der Waals surface area contributed by atoms with E-state index in [2.05, 4.69) is 12.1 Å². The second-order valence-corrected chi connectivity index (χ2v) is 7.85. The van der Waals surface area contributed by atoms with Crippen molar-refractivity contribution in [1.29, 1.82) is 0 Å². The number of aromatic nitrogens is 1. The maximum atomic E-state index is 13.2. The van der Waals surface area contributed by atoms with Crippen molar-refractivity contribution in [2.75, 3.05) is 13.2 Å². The zero-order valence-electron chi connectivity index (χ0n) is 17.8. The Morgan fingerprint density at radius 2 is 1.87 bits per heavy atom. The van der Waals surface area contributed by atoms with E-state index in [4.69, 9.17) is 9.26 Å². The normalized spacial score (nSPS) is 13.2. The lowest BCUT2D eigenvalue weighted by molar-refractivity contribution is 0.0731. The third-order valence-electron chi connectivity index (χ3n) is 5.60. The number of hydrogen-bond acceptors (Lipinski definition) is 4. The molecule has 0 atom stereocenters. The van der Waals surface area contributed by atoms with Gasteiger partial charge in [0.25, 0.3) is 5.91 Å². The van der Waals surface area contributed by atoms with Crippen LogP contribution in [0.3, 0.4) is 0 Å². The van der Waals surface area contributed by atoms with Gasteiger partial charge in [0.05, 0.1) is 13.2 Å². The molecule has 2 aromatic carbocycles. The molecule has 5 nitrogen and oxygen atoms in total. The molecule has 0 unspecified atom stereocenters. The molecule has 1 aliphatic heterocycles. The van der Waals surface area contributed by atoms with Gasteiger partial charge in [-0.1, -0.05) is 31.3 Å². The summed E-state index contributed by atoms with van der Waals surface area (Å²) in [4.78, 5) is 14.7. The van der Waals surface area contributed by atoms with Crippen LogP contribution in [-0.4, -0.2) is 29.1 Å². The summed E-state index contributed by atoms with van der Waals surface area (Å²) in [6.45, 7) is 3.86. The number of rotatable bonds is 8. The van der Waals surface area contributed by atoms with Crippen LogP contribution in [0, 0.1) is 5.82 Å². The van der Waals surface area contributed by atoms with Crippen LogP contribution in [0.2, 0.25) is 0 Å². The monoisotopic (exact) mass is 422 g/mol. The number of unbranched alkanes of at least 4 members (excludes halogenated alkanes) is 3. The Kier molecular flexibility index (Phi) is 6.65. The van der Waals surface area contributed by atoms with Gasteiger partial charge in [-0.05, 0) is 61.4 Å². The number of carbonyl (C=O) groups is 1. The molecule has 0 fully saturated rings. The zero-order valence-corrected chi connectivity index (χ0v) is 17.8. The van der Waals surface area contributed by atoms with E-state index in [1.54, 1.807) is 17.0 Å². The summed E-state index contributed by atoms with van der Waals surface area (Å²) < 4.78 is 24.5. The second-order valence-electron chi connectivity index (χ2n) is 7.85. The molecular formula is C25H27FN2O3. The Labute approximate surface area is 181 Å². The van der Waals surface area contributed by atoms with E-state index in [1.807, 2.05) is 24.3 Å². The number of fused-ring (bicyclic) bond motifs is 1. The van der Waals surface area contributed by atoms with E-state index in [0.29, 0.717) is 37.4 Å².